The second-order valence-electron chi connectivity index (χ2n) is 3.92. The summed E-state index contributed by atoms with van der Waals surface area (Å²) >= 11 is 0. The molecule has 2 aromatic rings. The summed E-state index contributed by atoms with van der Waals surface area (Å²) in [5.74, 6) is 0. The van der Waals surface area contributed by atoms with Gasteiger partial charge in [-0.2, -0.15) is 0 Å². The molecule has 0 aliphatic carbocycles. The van der Waals surface area contributed by atoms with E-state index in [4.69, 9.17) is 0 Å². The molecule has 0 aliphatic rings. The average Bonchev–Trinajstić information content (AvgIpc) is 2.66. The van der Waals surface area contributed by atoms with Crippen LogP contribution in [0.3, 0.4) is 0 Å². The van der Waals surface area contributed by atoms with E-state index in [0.717, 1.165) is 24.2 Å². The summed E-state index contributed by atoms with van der Waals surface area (Å²) < 4.78 is 2.07. The lowest BCUT2D eigenvalue weighted by molar-refractivity contribution is 0.808. The lowest BCUT2D eigenvalue weighted by Crippen LogP contribution is -2.11. The molecular weight excluding hydrogens is 198 g/mol. The number of nitrogens with one attached hydrogen (secondary N) is 1. The molecule has 3 heteroatoms. The van der Waals surface area contributed by atoms with Gasteiger partial charge in [0.15, 0.2) is 0 Å². The number of aromatic nitrogens is 2. The Morgan fingerprint density at radius 2 is 2.25 bits per heavy atom. The molecule has 0 amide bonds. The Morgan fingerprint density at radius 1 is 1.38 bits per heavy atom. The first-order valence-corrected chi connectivity index (χ1v) is 5.65. The lowest BCUT2D eigenvalue weighted by Gasteiger charge is -2.11. The SMILES string of the molecule is CCCc1cccn1Nc1ccnc(C)c1. The Balaban J connectivity index is 2.17. The van der Waals surface area contributed by atoms with Gasteiger partial charge < -0.3 is 0 Å². The number of rotatable bonds is 4. The van der Waals surface area contributed by atoms with Crippen LogP contribution in [0.1, 0.15) is 24.7 Å². The van der Waals surface area contributed by atoms with E-state index >= 15 is 0 Å². The Hall–Kier alpha value is -1.77. The largest absolute Gasteiger partial charge is 0.295 e. The molecule has 0 aromatic carbocycles. The van der Waals surface area contributed by atoms with Crippen molar-refractivity contribution in [1.82, 2.24) is 9.66 Å². The zero-order valence-electron chi connectivity index (χ0n) is 9.77. The molecule has 0 radical (unpaired) electrons. The Bertz CT molecular complexity index is 460. The second-order valence-corrected chi connectivity index (χ2v) is 3.92. The van der Waals surface area contributed by atoms with Gasteiger partial charge in [-0.25, -0.2) is 0 Å². The van der Waals surface area contributed by atoms with Crippen LogP contribution in [0.5, 0.6) is 0 Å². The zero-order valence-corrected chi connectivity index (χ0v) is 9.77. The van der Waals surface area contributed by atoms with Crippen LogP contribution in [0.15, 0.2) is 36.7 Å². The number of anilines is 1. The van der Waals surface area contributed by atoms with Crippen LogP contribution in [0.2, 0.25) is 0 Å². The van der Waals surface area contributed by atoms with Crippen LogP contribution >= 0.6 is 0 Å². The summed E-state index contributed by atoms with van der Waals surface area (Å²) in [7, 11) is 0. The number of hydrogen-bond donors (Lipinski definition) is 1. The number of nitrogens with zero attached hydrogens (tertiary/aromatic N) is 2. The topological polar surface area (TPSA) is 29.9 Å². The van der Waals surface area contributed by atoms with Crippen LogP contribution in [-0.4, -0.2) is 9.66 Å². The van der Waals surface area contributed by atoms with E-state index in [0.29, 0.717) is 0 Å². The van der Waals surface area contributed by atoms with Crippen LogP contribution in [-0.2, 0) is 6.42 Å². The normalized spacial score (nSPS) is 10.4. The molecule has 0 spiro atoms. The van der Waals surface area contributed by atoms with E-state index in [9.17, 15) is 0 Å². The molecule has 0 aliphatic heterocycles. The molecule has 84 valence electrons. The van der Waals surface area contributed by atoms with Crippen molar-refractivity contribution in [3.63, 3.8) is 0 Å². The van der Waals surface area contributed by atoms with Crippen LogP contribution in [0, 0.1) is 6.92 Å². The molecule has 0 bridgehead atoms. The summed E-state index contributed by atoms with van der Waals surface area (Å²) in [4.78, 5) is 4.18. The van der Waals surface area contributed by atoms with E-state index in [1.807, 2.05) is 31.5 Å². The maximum absolute atomic E-state index is 4.18. The Kier molecular flexibility index (Phi) is 3.25. The van der Waals surface area contributed by atoms with Crippen molar-refractivity contribution in [2.45, 2.75) is 26.7 Å². The molecule has 2 aromatic heterocycles. The van der Waals surface area contributed by atoms with E-state index in [-0.39, 0.29) is 0 Å². The molecule has 2 heterocycles. The maximum Gasteiger partial charge on any atom is 0.0579 e. The molecule has 0 unspecified atom stereocenters. The molecule has 1 N–H and O–H groups in total. The second kappa shape index (κ2) is 4.84. The first kappa shape index (κ1) is 10.7. The standard InChI is InChI=1S/C13H17N3/c1-3-5-13-6-4-9-16(13)15-12-7-8-14-11(2)10-12/h4,6-10H,3,5H2,1-2H3,(H,14,15). The fourth-order valence-corrected chi connectivity index (χ4v) is 1.74. The van der Waals surface area contributed by atoms with Gasteiger partial charge in [0.05, 0.1) is 5.69 Å². The monoisotopic (exact) mass is 215 g/mol. The molecule has 0 atom stereocenters. The van der Waals surface area contributed by atoms with Gasteiger partial charge in [-0.15, -0.1) is 0 Å². The maximum atomic E-state index is 4.18. The average molecular weight is 215 g/mol. The third kappa shape index (κ3) is 2.42. The van der Waals surface area contributed by atoms with Crippen molar-refractivity contribution in [2.75, 3.05) is 5.43 Å². The molecular formula is C13H17N3. The molecule has 0 saturated heterocycles. The van der Waals surface area contributed by atoms with Gasteiger partial charge in [-0.1, -0.05) is 13.3 Å². The van der Waals surface area contributed by atoms with Gasteiger partial charge in [-0.3, -0.25) is 15.1 Å². The highest BCUT2D eigenvalue weighted by atomic mass is 15.4. The summed E-state index contributed by atoms with van der Waals surface area (Å²) in [6, 6.07) is 8.22. The molecule has 16 heavy (non-hydrogen) atoms. The zero-order chi connectivity index (χ0) is 11.4. The van der Waals surface area contributed by atoms with Crippen LogP contribution in [0.25, 0.3) is 0 Å². The van der Waals surface area contributed by atoms with Crippen molar-refractivity contribution in [2.24, 2.45) is 0 Å². The first-order valence-electron chi connectivity index (χ1n) is 5.65. The van der Waals surface area contributed by atoms with E-state index in [1.54, 1.807) is 0 Å². The van der Waals surface area contributed by atoms with E-state index in [1.165, 1.54) is 5.69 Å². The summed E-state index contributed by atoms with van der Waals surface area (Å²) in [6.07, 6.45) is 6.10. The predicted octanol–water partition coefficient (Wildman–Crippen LogP) is 3.02. The fourth-order valence-electron chi connectivity index (χ4n) is 1.74. The Labute approximate surface area is 96.1 Å². The van der Waals surface area contributed by atoms with Crippen molar-refractivity contribution in [3.8, 4) is 0 Å². The Morgan fingerprint density at radius 3 is 3.00 bits per heavy atom. The third-order valence-corrected chi connectivity index (χ3v) is 2.49. The van der Waals surface area contributed by atoms with Gasteiger partial charge in [0, 0.05) is 23.8 Å². The lowest BCUT2D eigenvalue weighted by atomic mass is 10.2. The van der Waals surface area contributed by atoms with Crippen molar-refractivity contribution in [3.05, 3.63) is 48.0 Å². The highest BCUT2D eigenvalue weighted by Gasteiger charge is 2.00. The first-order chi connectivity index (χ1) is 7.79. The number of pyridine rings is 1. The predicted molar refractivity (Wildman–Crippen MR) is 66.4 cm³/mol. The molecule has 3 nitrogen and oxygen atoms in total. The minimum absolute atomic E-state index is 1.02. The molecule has 0 fully saturated rings. The van der Waals surface area contributed by atoms with Gasteiger partial charge in [0.2, 0.25) is 0 Å². The van der Waals surface area contributed by atoms with Gasteiger partial charge in [0.25, 0.3) is 0 Å². The number of hydrogen-bond acceptors (Lipinski definition) is 2. The van der Waals surface area contributed by atoms with Crippen LogP contribution in [0.4, 0.5) is 5.69 Å². The number of aryl methyl sites for hydroxylation is 2. The summed E-state index contributed by atoms with van der Waals surface area (Å²) in [5, 5.41) is 0. The van der Waals surface area contributed by atoms with Crippen molar-refractivity contribution < 1.29 is 0 Å². The summed E-state index contributed by atoms with van der Waals surface area (Å²) in [6.45, 7) is 4.18. The smallest absolute Gasteiger partial charge is 0.0579 e. The van der Waals surface area contributed by atoms with Gasteiger partial charge >= 0.3 is 0 Å². The van der Waals surface area contributed by atoms with Crippen LogP contribution < -0.4 is 5.43 Å². The highest BCUT2D eigenvalue weighted by molar-refractivity contribution is 5.43. The minimum atomic E-state index is 1.02. The van der Waals surface area contributed by atoms with Gasteiger partial charge in [-0.05, 0) is 37.6 Å². The molecule has 2 rings (SSSR count). The highest BCUT2D eigenvalue weighted by Crippen LogP contribution is 2.10. The minimum Gasteiger partial charge on any atom is -0.295 e. The fraction of sp³-hybridized carbons (Fsp3) is 0.308. The summed E-state index contributed by atoms with van der Waals surface area (Å²) in [5.41, 5.74) is 6.75. The van der Waals surface area contributed by atoms with Crippen molar-refractivity contribution >= 4 is 5.69 Å². The van der Waals surface area contributed by atoms with Crippen molar-refractivity contribution in [1.29, 1.82) is 0 Å². The van der Waals surface area contributed by atoms with E-state index in [2.05, 4.69) is 34.1 Å². The van der Waals surface area contributed by atoms with Gasteiger partial charge in [0.1, 0.15) is 0 Å². The quantitative estimate of drug-likeness (QED) is 0.849. The molecule has 0 saturated carbocycles. The third-order valence-electron chi connectivity index (χ3n) is 2.49. The van der Waals surface area contributed by atoms with E-state index < -0.39 is 0 Å².